The third-order valence-electron chi connectivity index (χ3n) is 6.17. The van der Waals surface area contributed by atoms with Crippen molar-refractivity contribution in [3.8, 4) is 0 Å². The highest BCUT2D eigenvalue weighted by molar-refractivity contribution is 6.74. The van der Waals surface area contributed by atoms with Crippen LogP contribution in [0.3, 0.4) is 0 Å². The van der Waals surface area contributed by atoms with E-state index in [9.17, 15) is 10.2 Å². The molecule has 2 aromatic carbocycles. The van der Waals surface area contributed by atoms with Gasteiger partial charge >= 0.3 is 0 Å². The van der Waals surface area contributed by atoms with Crippen molar-refractivity contribution >= 4 is 8.32 Å². The van der Waals surface area contributed by atoms with Crippen LogP contribution in [-0.4, -0.2) is 50.1 Å². The van der Waals surface area contributed by atoms with Crippen molar-refractivity contribution in [2.75, 3.05) is 13.2 Å². The molecule has 0 amide bonds. The van der Waals surface area contributed by atoms with Gasteiger partial charge in [-0.1, -0.05) is 81.4 Å². The SMILES string of the molecule is CC(C)(C)[Si](C)(C)OC[C@@H](O)[C@@H](OCc1ccccc1)[C@@H](CCO)OCc1ccccc1. The molecule has 0 aliphatic heterocycles. The summed E-state index contributed by atoms with van der Waals surface area (Å²) < 4.78 is 18.6. The zero-order valence-corrected chi connectivity index (χ0v) is 21.2. The summed E-state index contributed by atoms with van der Waals surface area (Å²) in [7, 11) is -2.03. The predicted octanol–water partition coefficient (Wildman–Crippen LogP) is 4.92. The second-order valence-electron chi connectivity index (χ2n) is 9.75. The van der Waals surface area contributed by atoms with E-state index in [2.05, 4.69) is 33.9 Å². The fourth-order valence-electron chi connectivity index (χ4n) is 3.09. The summed E-state index contributed by atoms with van der Waals surface area (Å²) in [5.41, 5.74) is 2.05. The third-order valence-corrected chi connectivity index (χ3v) is 10.7. The molecular formula is C26H40O5Si. The largest absolute Gasteiger partial charge is 0.414 e. The van der Waals surface area contributed by atoms with Gasteiger partial charge in [0.1, 0.15) is 12.2 Å². The molecular weight excluding hydrogens is 420 g/mol. The minimum absolute atomic E-state index is 0.0431. The van der Waals surface area contributed by atoms with E-state index in [0.717, 1.165) is 11.1 Å². The molecule has 0 aliphatic rings. The van der Waals surface area contributed by atoms with E-state index < -0.39 is 26.6 Å². The van der Waals surface area contributed by atoms with E-state index in [0.29, 0.717) is 19.6 Å². The van der Waals surface area contributed by atoms with Gasteiger partial charge in [-0.05, 0) is 35.7 Å². The molecule has 0 saturated carbocycles. The molecule has 178 valence electrons. The molecule has 2 aromatic rings. The summed E-state index contributed by atoms with van der Waals surface area (Å²) in [4.78, 5) is 0. The summed E-state index contributed by atoms with van der Waals surface area (Å²) in [5, 5.41) is 20.8. The number of benzene rings is 2. The van der Waals surface area contributed by atoms with Crippen molar-refractivity contribution in [1.82, 2.24) is 0 Å². The highest BCUT2D eigenvalue weighted by Crippen LogP contribution is 2.36. The van der Waals surface area contributed by atoms with E-state index >= 15 is 0 Å². The lowest BCUT2D eigenvalue weighted by Gasteiger charge is -2.38. The van der Waals surface area contributed by atoms with E-state index in [1.807, 2.05) is 60.7 Å². The van der Waals surface area contributed by atoms with Crippen LogP contribution in [0.25, 0.3) is 0 Å². The van der Waals surface area contributed by atoms with Crippen LogP contribution in [-0.2, 0) is 27.1 Å². The minimum Gasteiger partial charge on any atom is -0.414 e. The van der Waals surface area contributed by atoms with Crippen LogP contribution in [0.1, 0.15) is 38.3 Å². The molecule has 0 saturated heterocycles. The smallest absolute Gasteiger partial charge is 0.192 e. The first-order valence-electron chi connectivity index (χ1n) is 11.4. The molecule has 2 rings (SSSR count). The average molecular weight is 461 g/mol. The molecule has 5 nitrogen and oxygen atoms in total. The highest BCUT2D eigenvalue weighted by Gasteiger charge is 2.39. The van der Waals surface area contributed by atoms with E-state index in [4.69, 9.17) is 13.9 Å². The van der Waals surface area contributed by atoms with Gasteiger partial charge in [0.15, 0.2) is 8.32 Å². The van der Waals surface area contributed by atoms with Gasteiger partial charge in [0, 0.05) is 6.61 Å². The topological polar surface area (TPSA) is 68.2 Å². The molecule has 0 aromatic heterocycles. The maximum Gasteiger partial charge on any atom is 0.192 e. The molecule has 0 heterocycles. The first-order chi connectivity index (χ1) is 15.1. The lowest BCUT2D eigenvalue weighted by molar-refractivity contribution is -0.144. The Labute approximate surface area is 194 Å². The number of hydrogen-bond donors (Lipinski definition) is 2. The number of rotatable bonds is 13. The van der Waals surface area contributed by atoms with E-state index in [1.54, 1.807) is 0 Å². The van der Waals surface area contributed by atoms with Gasteiger partial charge in [-0.2, -0.15) is 0 Å². The second-order valence-corrected chi connectivity index (χ2v) is 14.6. The Balaban J connectivity index is 2.13. The molecule has 0 fully saturated rings. The van der Waals surface area contributed by atoms with E-state index in [1.165, 1.54) is 0 Å². The normalized spacial score (nSPS) is 15.3. The molecule has 6 heteroatoms. The first-order valence-corrected chi connectivity index (χ1v) is 14.3. The van der Waals surface area contributed by atoms with Crippen LogP contribution in [0.5, 0.6) is 0 Å². The van der Waals surface area contributed by atoms with Crippen molar-refractivity contribution in [1.29, 1.82) is 0 Å². The van der Waals surface area contributed by atoms with Crippen molar-refractivity contribution in [2.24, 2.45) is 0 Å². The predicted molar refractivity (Wildman–Crippen MR) is 131 cm³/mol. The molecule has 0 unspecified atom stereocenters. The third kappa shape index (κ3) is 8.43. The average Bonchev–Trinajstić information content (AvgIpc) is 2.76. The zero-order valence-electron chi connectivity index (χ0n) is 20.2. The number of hydrogen-bond acceptors (Lipinski definition) is 5. The Hall–Kier alpha value is -1.54. The summed E-state index contributed by atoms with van der Waals surface area (Å²) in [6, 6.07) is 19.7. The fourth-order valence-corrected chi connectivity index (χ4v) is 4.11. The molecule has 2 N–H and O–H groups in total. The van der Waals surface area contributed by atoms with E-state index in [-0.39, 0.29) is 18.3 Å². The van der Waals surface area contributed by atoms with Crippen molar-refractivity contribution in [2.45, 2.75) is 76.8 Å². The Morgan fingerprint density at radius 2 is 1.34 bits per heavy atom. The maximum absolute atomic E-state index is 11.1. The molecule has 0 spiro atoms. The number of aliphatic hydroxyl groups is 2. The Morgan fingerprint density at radius 1 is 0.844 bits per heavy atom. The number of ether oxygens (including phenoxy) is 2. The van der Waals surface area contributed by atoms with Crippen LogP contribution in [0.4, 0.5) is 0 Å². The van der Waals surface area contributed by atoms with Crippen LogP contribution in [0.15, 0.2) is 60.7 Å². The summed E-state index contributed by atoms with van der Waals surface area (Å²) in [5.74, 6) is 0. The van der Waals surface area contributed by atoms with Gasteiger partial charge in [0.05, 0.1) is 25.9 Å². The Kier molecular flexibility index (Phi) is 10.5. The summed E-state index contributed by atoms with van der Waals surface area (Å²) in [6.07, 6.45) is -1.61. The van der Waals surface area contributed by atoms with Crippen molar-refractivity contribution < 1.29 is 24.1 Å². The highest BCUT2D eigenvalue weighted by atomic mass is 28.4. The maximum atomic E-state index is 11.1. The van der Waals surface area contributed by atoms with Crippen molar-refractivity contribution in [3.63, 3.8) is 0 Å². The van der Waals surface area contributed by atoms with Gasteiger partial charge in [0.25, 0.3) is 0 Å². The molecule has 0 radical (unpaired) electrons. The number of aliphatic hydroxyl groups excluding tert-OH is 2. The summed E-state index contributed by atoms with van der Waals surface area (Å²) >= 11 is 0. The van der Waals surface area contributed by atoms with Gasteiger partial charge < -0.3 is 24.1 Å². The minimum atomic E-state index is -2.03. The molecule has 0 bridgehead atoms. The van der Waals surface area contributed by atoms with Gasteiger partial charge in [-0.15, -0.1) is 0 Å². The fraction of sp³-hybridized carbons (Fsp3) is 0.538. The lowest BCUT2D eigenvalue weighted by atomic mass is 10.0. The first kappa shape index (κ1) is 26.7. The summed E-state index contributed by atoms with van der Waals surface area (Å²) in [6.45, 7) is 11.7. The van der Waals surface area contributed by atoms with Crippen LogP contribution >= 0.6 is 0 Å². The molecule has 32 heavy (non-hydrogen) atoms. The van der Waals surface area contributed by atoms with Gasteiger partial charge in [-0.25, -0.2) is 0 Å². The quantitative estimate of drug-likeness (QED) is 0.415. The zero-order chi connectivity index (χ0) is 23.6. The van der Waals surface area contributed by atoms with Gasteiger partial charge in [0.2, 0.25) is 0 Å². The molecule has 3 atom stereocenters. The van der Waals surface area contributed by atoms with Crippen LogP contribution in [0, 0.1) is 0 Å². The van der Waals surface area contributed by atoms with Crippen molar-refractivity contribution in [3.05, 3.63) is 71.8 Å². The van der Waals surface area contributed by atoms with Crippen LogP contribution < -0.4 is 0 Å². The van der Waals surface area contributed by atoms with Gasteiger partial charge in [-0.3, -0.25) is 0 Å². The van der Waals surface area contributed by atoms with Crippen LogP contribution in [0.2, 0.25) is 18.1 Å². The second kappa shape index (κ2) is 12.6. The Morgan fingerprint density at radius 3 is 1.81 bits per heavy atom. The lowest BCUT2D eigenvalue weighted by Crippen LogP contribution is -2.48. The standard InChI is InChI=1S/C26H40O5Si/c1-26(2,3)32(4,5)31-20-23(28)25(30-19-22-14-10-7-11-15-22)24(16-17-27)29-18-21-12-8-6-9-13-21/h6-15,23-25,27-28H,16-20H2,1-5H3/t23-,24-,25-/m1/s1. The molecule has 0 aliphatic carbocycles. The monoisotopic (exact) mass is 460 g/mol. The Bertz CT molecular complexity index is 761.